The largest absolute Gasteiger partial charge is 0.497 e. The molecule has 1 fully saturated rings. The van der Waals surface area contributed by atoms with E-state index in [9.17, 15) is 8.42 Å². The van der Waals surface area contributed by atoms with Crippen molar-refractivity contribution in [3.8, 4) is 11.5 Å². The van der Waals surface area contributed by atoms with Gasteiger partial charge in [-0.25, -0.2) is 13.1 Å². The molecule has 6 nitrogen and oxygen atoms in total. The Hall–Kier alpha value is -1.31. The summed E-state index contributed by atoms with van der Waals surface area (Å²) < 4.78 is 38.1. The molecule has 1 aromatic carbocycles. The molecule has 0 saturated carbocycles. The van der Waals surface area contributed by atoms with Crippen LogP contribution in [0.15, 0.2) is 23.1 Å². The van der Waals surface area contributed by atoms with Crippen molar-refractivity contribution < 1.29 is 17.9 Å². The van der Waals surface area contributed by atoms with Crippen LogP contribution in [0.5, 0.6) is 11.5 Å². The number of rotatable bonds is 5. The quantitative estimate of drug-likeness (QED) is 0.847. The summed E-state index contributed by atoms with van der Waals surface area (Å²) in [5.74, 6) is 1.20. The van der Waals surface area contributed by atoms with Crippen LogP contribution in [0.1, 0.15) is 13.3 Å². The van der Waals surface area contributed by atoms with Crippen LogP contribution in [0.25, 0.3) is 0 Å². The van der Waals surface area contributed by atoms with E-state index in [1.165, 1.54) is 26.4 Å². The van der Waals surface area contributed by atoms with Crippen LogP contribution in [0.2, 0.25) is 0 Å². The van der Waals surface area contributed by atoms with Gasteiger partial charge < -0.3 is 14.8 Å². The van der Waals surface area contributed by atoms with Gasteiger partial charge in [0.1, 0.15) is 11.5 Å². The number of hydrogen-bond acceptors (Lipinski definition) is 5. The summed E-state index contributed by atoms with van der Waals surface area (Å²) in [5, 5.41) is 3.21. The number of nitrogens with one attached hydrogen (secondary N) is 2. The SMILES string of the molecule is COc1cc(OC)cc(S(=O)(=O)NC2CNCCC2C)c1. The fraction of sp³-hybridized carbons (Fsp3) is 0.571. The minimum absolute atomic E-state index is 0.110. The van der Waals surface area contributed by atoms with Gasteiger partial charge >= 0.3 is 0 Å². The molecule has 2 unspecified atom stereocenters. The van der Waals surface area contributed by atoms with E-state index in [0.29, 0.717) is 24.0 Å². The predicted octanol–water partition coefficient (Wildman–Crippen LogP) is 0.980. The topological polar surface area (TPSA) is 76.7 Å². The second kappa shape index (κ2) is 6.64. The van der Waals surface area contributed by atoms with Gasteiger partial charge in [0.05, 0.1) is 19.1 Å². The Morgan fingerprint density at radius 1 is 1.19 bits per heavy atom. The Morgan fingerprint density at radius 2 is 1.81 bits per heavy atom. The summed E-state index contributed by atoms with van der Waals surface area (Å²) in [7, 11) is -0.624. The molecule has 21 heavy (non-hydrogen) atoms. The highest BCUT2D eigenvalue weighted by molar-refractivity contribution is 7.89. The van der Waals surface area contributed by atoms with Crippen molar-refractivity contribution >= 4 is 10.0 Å². The van der Waals surface area contributed by atoms with Crippen molar-refractivity contribution in [3.05, 3.63) is 18.2 Å². The summed E-state index contributed by atoms with van der Waals surface area (Å²) in [6, 6.07) is 4.52. The molecular weight excluding hydrogens is 292 g/mol. The van der Waals surface area contributed by atoms with Crippen molar-refractivity contribution in [1.82, 2.24) is 10.0 Å². The molecule has 0 aliphatic carbocycles. The van der Waals surface area contributed by atoms with Crippen molar-refractivity contribution in [2.24, 2.45) is 5.92 Å². The second-order valence-corrected chi connectivity index (χ2v) is 6.96. The van der Waals surface area contributed by atoms with Crippen LogP contribution in [-0.4, -0.2) is 41.8 Å². The minimum atomic E-state index is -3.61. The average Bonchev–Trinajstić information content (AvgIpc) is 2.48. The van der Waals surface area contributed by atoms with Gasteiger partial charge in [-0.15, -0.1) is 0 Å². The molecule has 1 heterocycles. The van der Waals surface area contributed by atoms with Gasteiger partial charge in [0.2, 0.25) is 10.0 Å². The molecule has 7 heteroatoms. The van der Waals surface area contributed by atoms with Crippen molar-refractivity contribution in [2.75, 3.05) is 27.3 Å². The van der Waals surface area contributed by atoms with E-state index in [0.717, 1.165) is 13.0 Å². The van der Waals surface area contributed by atoms with Crippen LogP contribution in [0.4, 0.5) is 0 Å². The van der Waals surface area contributed by atoms with Gasteiger partial charge in [0.15, 0.2) is 0 Å². The Bertz CT molecular complexity index is 566. The zero-order valence-corrected chi connectivity index (χ0v) is 13.4. The fourth-order valence-electron chi connectivity index (χ4n) is 2.35. The lowest BCUT2D eigenvalue weighted by molar-refractivity contribution is 0.327. The molecule has 0 aromatic heterocycles. The van der Waals surface area contributed by atoms with E-state index in [1.54, 1.807) is 6.07 Å². The molecule has 1 aliphatic rings. The Kier molecular flexibility index (Phi) is 5.08. The van der Waals surface area contributed by atoms with Crippen molar-refractivity contribution in [2.45, 2.75) is 24.3 Å². The molecule has 118 valence electrons. The third kappa shape index (κ3) is 3.87. The summed E-state index contributed by atoms with van der Waals surface area (Å²) in [5.41, 5.74) is 0. The molecule has 0 bridgehead atoms. The van der Waals surface area contributed by atoms with Crippen LogP contribution < -0.4 is 19.5 Å². The van der Waals surface area contributed by atoms with Crippen molar-refractivity contribution in [1.29, 1.82) is 0 Å². The van der Waals surface area contributed by atoms with Gasteiger partial charge in [-0.1, -0.05) is 6.92 Å². The summed E-state index contributed by atoms with van der Waals surface area (Å²) >= 11 is 0. The maximum atomic E-state index is 12.5. The maximum Gasteiger partial charge on any atom is 0.241 e. The van der Waals surface area contributed by atoms with E-state index in [1.807, 2.05) is 0 Å². The van der Waals surface area contributed by atoms with Crippen molar-refractivity contribution in [3.63, 3.8) is 0 Å². The zero-order valence-electron chi connectivity index (χ0n) is 12.5. The summed E-state index contributed by atoms with van der Waals surface area (Å²) in [6.45, 7) is 3.62. The lowest BCUT2D eigenvalue weighted by Crippen LogP contribution is -2.50. The maximum absolute atomic E-state index is 12.5. The molecule has 1 aromatic rings. The molecular formula is C14H22N2O4S. The first-order chi connectivity index (χ1) is 9.96. The molecule has 2 atom stereocenters. The normalized spacial score (nSPS) is 22.8. The van der Waals surface area contributed by atoms with E-state index in [4.69, 9.17) is 9.47 Å². The number of benzene rings is 1. The number of hydrogen-bond donors (Lipinski definition) is 2. The highest BCUT2D eigenvalue weighted by Gasteiger charge is 2.27. The first-order valence-corrected chi connectivity index (χ1v) is 8.40. The average molecular weight is 314 g/mol. The summed E-state index contributed by atoms with van der Waals surface area (Å²) in [6.07, 6.45) is 0.953. The first kappa shape index (κ1) is 16.1. The number of ether oxygens (including phenoxy) is 2. The fourth-order valence-corrected chi connectivity index (χ4v) is 3.74. The van der Waals surface area contributed by atoms with E-state index in [-0.39, 0.29) is 10.9 Å². The van der Waals surface area contributed by atoms with Gasteiger partial charge in [0, 0.05) is 30.8 Å². The molecule has 1 aliphatic heterocycles. The second-order valence-electron chi connectivity index (χ2n) is 5.25. The standard InChI is InChI=1S/C14H22N2O4S/c1-10-4-5-15-9-14(10)16-21(17,18)13-7-11(19-2)6-12(8-13)20-3/h6-8,10,14-16H,4-5,9H2,1-3H3. The zero-order chi connectivity index (χ0) is 15.5. The van der Waals surface area contributed by atoms with Crippen LogP contribution in [0.3, 0.4) is 0 Å². The molecule has 1 saturated heterocycles. The third-order valence-corrected chi connectivity index (χ3v) is 5.24. The highest BCUT2D eigenvalue weighted by atomic mass is 32.2. The smallest absolute Gasteiger partial charge is 0.241 e. The lowest BCUT2D eigenvalue weighted by Gasteiger charge is -2.30. The van der Waals surface area contributed by atoms with E-state index in [2.05, 4.69) is 17.0 Å². The van der Waals surface area contributed by atoms with Gasteiger partial charge in [-0.2, -0.15) is 0 Å². The minimum Gasteiger partial charge on any atom is -0.497 e. The van der Waals surface area contributed by atoms with E-state index < -0.39 is 10.0 Å². The monoisotopic (exact) mass is 314 g/mol. The highest BCUT2D eigenvalue weighted by Crippen LogP contribution is 2.26. The Morgan fingerprint density at radius 3 is 2.33 bits per heavy atom. The third-order valence-electron chi connectivity index (χ3n) is 3.77. The molecule has 0 radical (unpaired) electrons. The predicted molar refractivity (Wildman–Crippen MR) is 80.3 cm³/mol. The first-order valence-electron chi connectivity index (χ1n) is 6.92. The molecule has 0 spiro atoms. The van der Waals surface area contributed by atoms with Gasteiger partial charge in [-0.05, 0) is 18.9 Å². The van der Waals surface area contributed by atoms with Crippen LogP contribution in [-0.2, 0) is 10.0 Å². The molecule has 2 rings (SSSR count). The number of methoxy groups -OCH3 is 2. The molecule has 0 amide bonds. The van der Waals surface area contributed by atoms with Crippen LogP contribution >= 0.6 is 0 Å². The van der Waals surface area contributed by atoms with Gasteiger partial charge in [-0.3, -0.25) is 0 Å². The lowest BCUT2D eigenvalue weighted by atomic mass is 9.96. The Balaban J connectivity index is 2.26. The van der Waals surface area contributed by atoms with E-state index >= 15 is 0 Å². The van der Waals surface area contributed by atoms with Crippen LogP contribution in [0, 0.1) is 5.92 Å². The Labute approximate surface area is 125 Å². The van der Waals surface area contributed by atoms with Gasteiger partial charge in [0.25, 0.3) is 0 Å². The number of sulfonamides is 1. The molecule has 2 N–H and O–H groups in total. The summed E-state index contributed by atoms with van der Waals surface area (Å²) in [4.78, 5) is 0.150. The number of piperidine rings is 1.